The zero-order valence-corrected chi connectivity index (χ0v) is 18.6. The monoisotopic (exact) mass is 483 g/mol. The lowest BCUT2D eigenvalue weighted by Crippen LogP contribution is -2.66. The number of hydrogen-bond donors (Lipinski definition) is 3. The third-order valence-electron chi connectivity index (χ3n) is 6.45. The third-order valence-corrected chi connectivity index (χ3v) is 7.87. The van der Waals surface area contributed by atoms with E-state index in [0.29, 0.717) is 18.4 Å². The number of aliphatic hydroxyl groups is 1. The van der Waals surface area contributed by atoms with Crippen LogP contribution < -0.4 is 4.72 Å². The lowest BCUT2D eigenvalue weighted by atomic mass is 9.61. The maximum Gasteiger partial charge on any atom is 0.286 e. The molecule has 0 aromatic heterocycles. The number of benzene rings is 3. The Balaban J connectivity index is 1.92. The van der Waals surface area contributed by atoms with E-state index in [1.807, 2.05) is 4.72 Å². The summed E-state index contributed by atoms with van der Waals surface area (Å²) < 4.78 is 87.6. The van der Waals surface area contributed by atoms with E-state index in [-0.39, 0.29) is 4.90 Å². The predicted molar refractivity (Wildman–Crippen MR) is 114 cm³/mol. The van der Waals surface area contributed by atoms with Crippen molar-refractivity contribution in [2.24, 2.45) is 0 Å². The summed E-state index contributed by atoms with van der Waals surface area (Å²) in [6, 6.07) is 9.38. The molecule has 0 aliphatic heterocycles. The van der Waals surface area contributed by atoms with Crippen LogP contribution in [0.5, 0.6) is 5.75 Å². The molecular formula is C23H21F4NO4S. The van der Waals surface area contributed by atoms with E-state index in [1.165, 1.54) is 18.2 Å². The summed E-state index contributed by atoms with van der Waals surface area (Å²) in [4.78, 5) is -0.279. The average Bonchev–Trinajstić information content (AvgIpc) is 2.74. The van der Waals surface area contributed by atoms with E-state index in [4.69, 9.17) is 0 Å². The fourth-order valence-electron chi connectivity index (χ4n) is 4.53. The van der Waals surface area contributed by atoms with E-state index in [9.17, 15) is 27.4 Å². The second-order valence-electron chi connectivity index (χ2n) is 8.90. The largest absolute Gasteiger partial charge is 0.505 e. The van der Waals surface area contributed by atoms with Crippen molar-refractivity contribution in [3.8, 4) is 5.75 Å². The number of halogens is 4. The Labute approximate surface area is 187 Å². The molecule has 0 amide bonds. The molecule has 0 bridgehead atoms. The Morgan fingerprint density at radius 1 is 0.970 bits per heavy atom. The first-order valence-corrected chi connectivity index (χ1v) is 11.4. The second-order valence-corrected chi connectivity index (χ2v) is 10.6. The van der Waals surface area contributed by atoms with E-state index in [1.54, 1.807) is 24.3 Å². The van der Waals surface area contributed by atoms with Crippen LogP contribution >= 0.6 is 0 Å². The minimum atomic E-state index is -4.53. The number of nitrogens with one attached hydrogen (secondary N) is 1. The highest BCUT2D eigenvalue weighted by Crippen LogP contribution is 2.59. The molecule has 10 heteroatoms. The van der Waals surface area contributed by atoms with Crippen molar-refractivity contribution in [2.75, 3.05) is 0 Å². The van der Waals surface area contributed by atoms with Gasteiger partial charge in [-0.2, -0.15) is 4.39 Å². The van der Waals surface area contributed by atoms with Gasteiger partial charge in [0, 0.05) is 5.56 Å². The molecule has 33 heavy (non-hydrogen) atoms. The van der Waals surface area contributed by atoms with Gasteiger partial charge in [-0.25, -0.2) is 26.3 Å². The average molecular weight is 483 g/mol. The van der Waals surface area contributed by atoms with Gasteiger partial charge in [-0.15, -0.1) is 0 Å². The number of aromatic hydroxyl groups is 1. The zero-order valence-electron chi connectivity index (χ0n) is 17.8. The van der Waals surface area contributed by atoms with Gasteiger partial charge in [-0.1, -0.05) is 30.3 Å². The summed E-state index contributed by atoms with van der Waals surface area (Å²) in [5.41, 5.74) is -6.61. The second kappa shape index (κ2) is 7.15. The smallest absolute Gasteiger partial charge is 0.286 e. The number of hydrogen-bond acceptors (Lipinski definition) is 4. The van der Waals surface area contributed by atoms with Gasteiger partial charge in [0.25, 0.3) is 5.92 Å². The van der Waals surface area contributed by atoms with Crippen LogP contribution in [0.1, 0.15) is 37.9 Å². The van der Waals surface area contributed by atoms with Crippen molar-refractivity contribution in [1.29, 1.82) is 0 Å². The van der Waals surface area contributed by atoms with Crippen molar-refractivity contribution in [3.63, 3.8) is 0 Å². The molecule has 3 aromatic carbocycles. The topological polar surface area (TPSA) is 86.6 Å². The normalized spacial score (nSPS) is 23.9. The van der Waals surface area contributed by atoms with Crippen molar-refractivity contribution in [2.45, 2.75) is 48.6 Å². The summed E-state index contributed by atoms with van der Waals surface area (Å²) in [6.07, 6.45) is 0. The number of rotatable bonds is 3. The summed E-state index contributed by atoms with van der Waals surface area (Å²) in [6.45, 7) is 2.61. The Morgan fingerprint density at radius 3 is 2.21 bits per heavy atom. The first kappa shape index (κ1) is 23.5. The first-order valence-electron chi connectivity index (χ1n) is 9.95. The van der Waals surface area contributed by atoms with E-state index in [2.05, 4.69) is 0 Å². The van der Waals surface area contributed by atoms with Crippen LogP contribution in [0.15, 0.2) is 53.4 Å². The molecule has 0 saturated carbocycles. The van der Waals surface area contributed by atoms with Gasteiger partial charge in [0.15, 0.2) is 11.6 Å². The van der Waals surface area contributed by atoms with Crippen molar-refractivity contribution >= 4 is 20.8 Å². The van der Waals surface area contributed by atoms with Gasteiger partial charge < -0.3 is 10.2 Å². The molecule has 0 heterocycles. The molecular weight excluding hydrogens is 462 g/mol. The highest BCUT2D eigenvalue weighted by atomic mass is 32.2. The molecule has 3 aromatic rings. The van der Waals surface area contributed by atoms with Gasteiger partial charge in [0.2, 0.25) is 15.8 Å². The summed E-state index contributed by atoms with van der Waals surface area (Å²) in [5.74, 6) is -8.74. The SMILES string of the molecule is CC1(C)c2c(cc(F)c(F)c2O)C(NS(=O)(=O)c2ccc3ccccc3c2)C(C)(O)C1(F)F. The zero-order chi connectivity index (χ0) is 24.6. The van der Waals surface area contributed by atoms with Gasteiger partial charge in [0.1, 0.15) is 5.60 Å². The quantitative estimate of drug-likeness (QED) is 0.478. The molecule has 0 radical (unpaired) electrons. The maximum atomic E-state index is 15.5. The number of phenolic OH excluding ortho intramolecular Hbond substituents is 1. The number of fused-ring (bicyclic) bond motifs is 2. The van der Waals surface area contributed by atoms with Gasteiger partial charge >= 0.3 is 0 Å². The summed E-state index contributed by atoms with van der Waals surface area (Å²) >= 11 is 0. The standard InChI is InChI=1S/C23H21F4NO4S/c1-21(2)17-15(11-16(24)18(25)19(17)29)20(22(3,30)23(21,26)27)28-33(31,32)14-9-8-12-6-4-5-7-13(12)10-14/h4-11,20,28-30H,1-3H3. The molecule has 176 valence electrons. The summed E-state index contributed by atoms with van der Waals surface area (Å²) in [7, 11) is -4.53. The van der Waals surface area contributed by atoms with Crippen LogP contribution in [-0.4, -0.2) is 30.2 Å². The minimum Gasteiger partial charge on any atom is -0.505 e. The van der Waals surface area contributed by atoms with Gasteiger partial charge in [-0.05, 0) is 55.3 Å². The molecule has 2 atom stereocenters. The molecule has 3 N–H and O–H groups in total. The van der Waals surface area contributed by atoms with E-state index in [0.717, 1.165) is 19.2 Å². The van der Waals surface area contributed by atoms with Crippen LogP contribution in [0.2, 0.25) is 0 Å². The predicted octanol–water partition coefficient (Wildman–Crippen LogP) is 4.52. The lowest BCUT2D eigenvalue weighted by Gasteiger charge is -2.52. The van der Waals surface area contributed by atoms with Crippen molar-refractivity contribution in [3.05, 3.63) is 71.3 Å². The van der Waals surface area contributed by atoms with Crippen LogP contribution in [0.4, 0.5) is 17.6 Å². The van der Waals surface area contributed by atoms with Crippen LogP contribution in [0.3, 0.4) is 0 Å². The van der Waals surface area contributed by atoms with Gasteiger partial charge in [0.05, 0.1) is 16.4 Å². The highest BCUT2D eigenvalue weighted by Gasteiger charge is 2.68. The Hall–Kier alpha value is -2.69. The fraction of sp³-hybridized carbons (Fsp3) is 0.304. The van der Waals surface area contributed by atoms with E-state index < -0.39 is 61.5 Å². The van der Waals surface area contributed by atoms with Gasteiger partial charge in [-0.3, -0.25) is 0 Å². The number of sulfonamides is 1. The maximum absolute atomic E-state index is 15.5. The van der Waals surface area contributed by atoms with E-state index >= 15 is 8.78 Å². The molecule has 2 unspecified atom stereocenters. The molecule has 0 saturated heterocycles. The Morgan fingerprint density at radius 2 is 1.58 bits per heavy atom. The third kappa shape index (κ3) is 3.23. The number of phenols is 1. The van der Waals surface area contributed by atoms with Crippen LogP contribution in [0, 0.1) is 11.6 Å². The van der Waals surface area contributed by atoms with Crippen molar-refractivity contribution in [1.82, 2.24) is 4.72 Å². The fourth-order valence-corrected chi connectivity index (χ4v) is 5.86. The first-order chi connectivity index (χ1) is 15.1. The Bertz CT molecular complexity index is 1390. The van der Waals surface area contributed by atoms with Crippen LogP contribution in [0.25, 0.3) is 10.8 Å². The molecule has 1 aliphatic rings. The molecule has 1 aliphatic carbocycles. The molecule has 0 spiro atoms. The molecule has 4 rings (SSSR count). The van der Waals surface area contributed by atoms with Crippen molar-refractivity contribution < 1.29 is 36.2 Å². The highest BCUT2D eigenvalue weighted by molar-refractivity contribution is 7.89. The number of alkyl halides is 2. The molecule has 5 nitrogen and oxygen atoms in total. The Kier molecular flexibility index (Phi) is 5.09. The lowest BCUT2D eigenvalue weighted by molar-refractivity contribution is -0.227. The van der Waals surface area contributed by atoms with Crippen LogP contribution in [-0.2, 0) is 15.4 Å². The molecule has 0 fully saturated rings. The minimum absolute atomic E-state index is 0.279. The summed E-state index contributed by atoms with van der Waals surface area (Å²) in [5, 5.41) is 22.4.